The lowest BCUT2D eigenvalue weighted by Gasteiger charge is -2.03. The van der Waals surface area contributed by atoms with Gasteiger partial charge in [0.15, 0.2) is 11.6 Å². The van der Waals surface area contributed by atoms with E-state index in [1.165, 1.54) is 17.8 Å². The molecule has 1 aromatic carbocycles. The third-order valence-electron chi connectivity index (χ3n) is 2.89. The quantitative estimate of drug-likeness (QED) is 0.684. The highest BCUT2D eigenvalue weighted by atomic mass is 32.1. The molecule has 22 heavy (non-hydrogen) atoms. The molecule has 0 aliphatic carbocycles. The van der Waals surface area contributed by atoms with E-state index in [0.29, 0.717) is 24.7 Å². The van der Waals surface area contributed by atoms with Crippen LogP contribution in [0.5, 0.6) is 0 Å². The van der Waals surface area contributed by atoms with Crippen molar-refractivity contribution in [3.63, 3.8) is 0 Å². The van der Waals surface area contributed by atoms with Crippen molar-refractivity contribution in [1.82, 2.24) is 14.7 Å². The first-order chi connectivity index (χ1) is 10.8. The molecule has 3 aromatic rings. The molecule has 0 saturated heterocycles. The number of nitrogens with zero attached hydrogens (tertiary/aromatic N) is 2. The number of carbonyl (C=O) groups excluding carboxylic acids is 1. The van der Waals surface area contributed by atoms with Crippen LogP contribution in [0.15, 0.2) is 53.1 Å². The summed E-state index contributed by atoms with van der Waals surface area (Å²) in [6.45, 7) is 1.04. The van der Waals surface area contributed by atoms with Crippen LogP contribution in [0.1, 0.15) is 10.6 Å². The highest BCUT2D eigenvalue weighted by Gasteiger charge is 2.08. The summed E-state index contributed by atoms with van der Waals surface area (Å²) in [6, 6.07) is 13.1. The second kappa shape index (κ2) is 6.86. The summed E-state index contributed by atoms with van der Waals surface area (Å²) in [5.41, 5.74) is 0.984. The Hall–Kier alpha value is -2.67. The van der Waals surface area contributed by atoms with Gasteiger partial charge >= 0.3 is 0 Å². The van der Waals surface area contributed by atoms with Crippen molar-refractivity contribution in [2.75, 3.05) is 18.4 Å². The first-order valence-electron chi connectivity index (χ1n) is 6.77. The molecule has 0 unspecified atom stereocenters. The topological polar surface area (TPSA) is 80.0 Å². The molecule has 0 saturated carbocycles. The predicted octanol–water partition coefficient (Wildman–Crippen LogP) is 2.64. The first kappa shape index (κ1) is 14.3. The van der Waals surface area contributed by atoms with Crippen LogP contribution in [-0.2, 0) is 0 Å². The Kier molecular flexibility index (Phi) is 4.45. The van der Waals surface area contributed by atoms with Gasteiger partial charge in [-0.05, 0) is 12.1 Å². The third kappa shape index (κ3) is 3.50. The molecule has 0 radical (unpaired) electrons. The van der Waals surface area contributed by atoms with Crippen molar-refractivity contribution in [3.05, 3.63) is 54.5 Å². The summed E-state index contributed by atoms with van der Waals surface area (Å²) in [4.78, 5) is 16.1. The maximum Gasteiger partial charge on any atom is 0.287 e. The van der Waals surface area contributed by atoms with Crippen molar-refractivity contribution in [3.8, 4) is 11.4 Å². The van der Waals surface area contributed by atoms with E-state index in [9.17, 15) is 4.79 Å². The fourth-order valence-corrected chi connectivity index (χ4v) is 2.45. The Labute approximate surface area is 131 Å². The van der Waals surface area contributed by atoms with Crippen LogP contribution in [0.25, 0.3) is 11.4 Å². The van der Waals surface area contributed by atoms with Crippen molar-refractivity contribution in [2.45, 2.75) is 0 Å². The molecule has 112 valence electrons. The van der Waals surface area contributed by atoms with Crippen LogP contribution in [0.4, 0.5) is 5.13 Å². The maximum atomic E-state index is 11.6. The van der Waals surface area contributed by atoms with Gasteiger partial charge in [-0.3, -0.25) is 4.79 Å². The molecule has 0 spiro atoms. The lowest BCUT2D eigenvalue weighted by molar-refractivity contribution is 0.0927. The number of hydrogen-bond donors (Lipinski definition) is 2. The van der Waals surface area contributed by atoms with Crippen LogP contribution >= 0.6 is 11.5 Å². The maximum absolute atomic E-state index is 11.6. The van der Waals surface area contributed by atoms with Gasteiger partial charge in [0.2, 0.25) is 5.13 Å². The van der Waals surface area contributed by atoms with Gasteiger partial charge in [0.25, 0.3) is 5.91 Å². The zero-order valence-corrected chi connectivity index (χ0v) is 12.5. The number of benzene rings is 1. The number of nitrogens with one attached hydrogen (secondary N) is 2. The molecule has 3 rings (SSSR count). The Bertz CT molecular complexity index is 725. The molecule has 0 aliphatic rings. The first-order valence-corrected chi connectivity index (χ1v) is 7.55. The largest absolute Gasteiger partial charge is 0.459 e. The minimum atomic E-state index is -0.228. The number of amides is 1. The Balaban J connectivity index is 1.47. The fraction of sp³-hybridized carbons (Fsp3) is 0.133. The van der Waals surface area contributed by atoms with Crippen LogP contribution in [0, 0.1) is 0 Å². The van der Waals surface area contributed by atoms with E-state index in [2.05, 4.69) is 20.0 Å². The third-order valence-corrected chi connectivity index (χ3v) is 3.56. The molecule has 2 heterocycles. The van der Waals surface area contributed by atoms with E-state index in [1.54, 1.807) is 12.1 Å². The second-order valence-electron chi connectivity index (χ2n) is 4.45. The standard InChI is InChI=1S/C15H14N4O2S/c20-14(12-7-4-10-21-12)16-8-9-17-15-18-13(19-22-15)11-5-2-1-3-6-11/h1-7,10H,8-9H2,(H,16,20)(H,17,18,19). The summed E-state index contributed by atoms with van der Waals surface area (Å²) >= 11 is 1.30. The molecule has 7 heteroatoms. The van der Waals surface area contributed by atoms with E-state index in [4.69, 9.17) is 4.42 Å². The summed E-state index contributed by atoms with van der Waals surface area (Å²) in [7, 11) is 0. The van der Waals surface area contributed by atoms with Gasteiger partial charge in [-0.2, -0.15) is 9.36 Å². The van der Waals surface area contributed by atoms with Gasteiger partial charge in [0.05, 0.1) is 6.26 Å². The van der Waals surface area contributed by atoms with E-state index in [0.717, 1.165) is 10.7 Å². The minimum absolute atomic E-state index is 0.228. The van der Waals surface area contributed by atoms with Gasteiger partial charge in [-0.15, -0.1) is 0 Å². The lowest BCUT2D eigenvalue weighted by Crippen LogP contribution is -2.28. The minimum Gasteiger partial charge on any atom is -0.459 e. The van der Waals surface area contributed by atoms with Crippen molar-refractivity contribution < 1.29 is 9.21 Å². The normalized spacial score (nSPS) is 10.4. The van der Waals surface area contributed by atoms with E-state index >= 15 is 0 Å². The molecule has 0 atom stereocenters. The van der Waals surface area contributed by atoms with Crippen LogP contribution < -0.4 is 10.6 Å². The summed E-state index contributed by atoms with van der Waals surface area (Å²) in [5.74, 6) is 0.782. The summed E-state index contributed by atoms with van der Waals surface area (Å²) < 4.78 is 9.32. The van der Waals surface area contributed by atoms with Gasteiger partial charge in [0.1, 0.15) is 0 Å². The summed E-state index contributed by atoms with van der Waals surface area (Å²) in [5, 5.41) is 6.62. The van der Waals surface area contributed by atoms with Crippen LogP contribution in [0.2, 0.25) is 0 Å². The van der Waals surface area contributed by atoms with Crippen molar-refractivity contribution >= 4 is 22.6 Å². The molecule has 6 nitrogen and oxygen atoms in total. The average Bonchev–Trinajstić information content (AvgIpc) is 3.24. The SMILES string of the molecule is O=C(NCCNc1nc(-c2ccccc2)ns1)c1ccco1. The van der Waals surface area contributed by atoms with E-state index < -0.39 is 0 Å². The van der Waals surface area contributed by atoms with Crippen LogP contribution in [0.3, 0.4) is 0 Å². The van der Waals surface area contributed by atoms with E-state index in [-0.39, 0.29) is 5.91 Å². The fourth-order valence-electron chi connectivity index (χ4n) is 1.84. The van der Waals surface area contributed by atoms with Gasteiger partial charge in [-0.1, -0.05) is 30.3 Å². The molecule has 0 bridgehead atoms. The molecule has 2 N–H and O–H groups in total. The molecular weight excluding hydrogens is 300 g/mol. The number of rotatable bonds is 6. The smallest absolute Gasteiger partial charge is 0.287 e. The van der Waals surface area contributed by atoms with E-state index in [1.807, 2.05) is 30.3 Å². The molecule has 2 aromatic heterocycles. The second-order valence-corrected chi connectivity index (χ2v) is 5.20. The number of carbonyl (C=O) groups is 1. The Morgan fingerprint density at radius 2 is 2.00 bits per heavy atom. The number of furan rings is 1. The highest BCUT2D eigenvalue weighted by molar-refractivity contribution is 7.09. The van der Waals surface area contributed by atoms with Gasteiger partial charge in [0, 0.05) is 30.2 Å². The molecule has 0 fully saturated rings. The molecular formula is C15H14N4O2S. The van der Waals surface area contributed by atoms with Crippen molar-refractivity contribution in [1.29, 1.82) is 0 Å². The zero-order valence-electron chi connectivity index (χ0n) is 11.7. The van der Waals surface area contributed by atoms with Gasteiger partial charge in [-0.25, -0.2) is 0 Å². The highest BCUT2D eigenvalue weighted by Crippen LogP contribution is 2.20. The molecule has 0 aliphatic heterocycles. The Morgan fingerprint density at radius 1 is 1.14 bits per heavy atom. The summed E-state index contributed by atoms with van der Waals surface area (Å²) in [6.07, 6.45) is 1.47. The Morgan fingerprint density at radius 3 is 2.77 bits per heavy atom. The predicted molar refractivity (Wildman–Crippen MR) is 84.9 cm³/mol. The average molecular weight is 314 g/mol. The van der Waals surface area contributed by atoms with Crippen molar-refractivity contribution in [2.24, 2.45) is 0 Å². The van der Waals surface area contributed by atoms with Gasteiger partial charge < -0.3 is 15.1 Å². The number of anilines is 1. The number of hydrogen-bond acceptors (Lipinski definition) is 6. The lowest BCUT2D eigenvalue weighted by atomic mass is 10.2. The number of aromatic nitrogens is 2. The van der Waals surface area contributed by atoms with Crippen LogP contribution in [-0.4, -0.2) is 28.4 Å². The molecule has 1 amide bonds. The monoisotopic (exact) mass is 314 g/mol. The zero-order chi connectivity index (χ0) is 15.2.